The van der Waals surface area contributed by atoms with E-state index >= 15 is 4.39 Å². The van der Waals surface area contributed by atoms with Gasteiger partial charge in [-0.2, -0.15) is 0 Å². The summed E-state index contributed by atoms with van der Waals surface area (Å²) in [7, 11) is 0. The number of oxime groups is 1. The summed E-state index contributed by atoms with van der Waals surface area (Å²) in [5, 5.41) is 11.8. The largest absolute Gasteiger partial charge is 0.490 e. The van der Waals surface area contributed by atoms with Crippen LogP contribution >= 0.6 is 11.6 Å². The highest BCUT2D eigenvalue weighted by molar-refractivity contribution is 6.31. The SMILES string of the molecule is Cc1nc(C(C)c2cc(Cl)c(F)c(-c3ccc(C(N)=NO)nc3)c2OC(C)C)n2ccnc(N)c12. The summed E-state index contributed by atoms with van der Waals surface area (Å²) in [6.07, 6.45) is 4.54. The summed E-state index contributed by atoms with van der Waals surface area (Å²) >= 11 is 6.38. The van der Waals surface area contributed by atoms with E-state index in [9.17, 15) is 0 Å². The van der Waals surface area contributed by atoms with Gasteiger partial charge in [-0.1, -0.05) is 29.7 Å². The normalized spacial score (nSPS) is 12.9. The summed E-state index contributed by atoms with van der Waals surface area (Å²) in [4.78, 5) is 13.1. The molecule has 1 atom stereocenters. The second-order valence-electron chi connectivity index (χ2n) is 8.36. The molecule has 11 heteroatoms. The van der Waals surface area contributed by atoms with Crippen LogP contribution in [0.3, 0.4) is 0 Å². The van der Waals surface area contributed by atoms with Crippen LogP contribution in [0.4, 0.5) is 10.2 Å². The molecule has 0 saturated carbocycles. The minimum absolute atomic E-state index is 0.0720. The maximum atomic E-state index is 15.5. The number of amidine groups is 1. The average Bonchev–Trinajstić information content (AvgIpc) is 3.18. The number of pyridine rings is 1. The number of imidazole rings is 1. The summed E-state index contributed by atoms with van der Waals surface area (Å²) in [6.45, 7) is 7.50. The molecule has 0 aliphatic rings. The maximum Gasteiger partial charge on any atom is 0.188 e. The van der Waals surface area contributed by atoms with Crippen LogP contribution in [0.1, 0.15) is 49.5 Å². The molecule has 4 rings (SSSR count). The number of nitrogens with two attached hydrogens (primary N) is 2. The molecule has 9 nitrogen and oxygen atoms in total. The number of rotatable bonds is 6. The van der Waals surface area contributed by atoms with E-state index in [1.807, 2.05) is 32.1 Å². The zero-order chi connectivity index (χ0) is 25.4. The zero-order valence-electron chi connectivity index (χ0n) is 19.6. The fourth-order valence-electron chi connectivity index (χ4n) is 4.03. The van der Waals surface area contributed by atoms with Gasteiger partial charge in [-0.25, -0.2) is 14.4 Å². The molecule has 1 aromatic carbocycles. The predicted molar refractivity (Wildman–Crippen MR) is 133 cm³/mol. The van der Waals surface area contributed by atoms with Crippen LogP contribution in [0.2, 0.25) is 5.02 Å². The highest BCUT2D eigenvalue weighted by Gasteiger charge is 2.28. The molecule has 3 heterocycles. The molecular weight excluding hydrogens is 473 g/mol. The average molecular weight is 498 g/mol. The first-order valence-electron chi connectivity index (χ1n) is 10.9. The van der Waals surface area contributed by atoms with Crippen LogP contribution in [0.25, 0.3) is 16.6 Å². The first-order valence-corrected chi connectivity index (χ1v) is 11.2. The number of fused-ring (bicyclic) bond motifs is 1. The number of ether oxygens (including phenoxy) is 1. The lowest BCUT2D eigenvalue weighted by Gasteiger charge is -2.23. The summed E-state index contributed by atoms with van der Waals surface area (Å²) in [5.41, 5.74) is 14.6. The number of hydrogen-bond acceptors (Lipinski definition) is 7. The van der Waals surface area contributed by atoms with E-state index in [4.69, 9.17) is 38.0 Å². The molecule has 3 aromatic heterocycles. The number of halogens is 2. The number of aromatic nitrogens is 4. The maximum absolute atomic E-state index is 15.5. The Labute approximate surface area is 206 Å². The van der Waals surface area contributed by atoms with Crippen molar-refractivity contribution in [2.75, 3.05) is 5.73 Å². The summed E-state index contributed by atoms with van der Waals surface area (Å²) < 4.78 is 23.5. The Bertz CT molecular complexity index is 1430. The fourth-order valence-corrected chi connectivity index (χ4v) is 4.24. The van der Waals surface area contributed by atoms with Crippen molar-refractivity contribution in [1.82, 2.24) is 19.4 Å². The summed E-state index contributed by atoms with van der Waals surface area (Å²) in [5.74, 6) is 0.205. The lowest BCUT2D eigenvalue weighted by molar-refractivity contribution is 0.239. The van der Waals surface area contributed by atoms with Crippen LogP contribution in [0.15, 0.2) is 41.9 Å². The Kier molecular flexibility index (Phi) is 6.49. The van der Waals surface area contributed by atoms with Crippen molar-refractivity contribution in [3.8, 4) is 16.9 Å². The van der Waals surface area contributed by atoms with Gasteiger partial charge in [0.2, 0.25) is 0 Å². The minimum atomic E-state index is -0.644. The van der Waals surface area contributed by atoms with Crippen LogP contribution in [0.5, 0.6) is 5.75 Å². The fraction of sp³-hybridized carbons (Fsp3) is 0.250. The molecule has 0 fully saturated rings. The van der Waals surface area contributed by atoms with Crippen molar-refractivity contribution < 1.29 is 14.3 Å². The molecule has 0 bridgehead atoms. The van der Waals surface area contributed by atoms with E-state index in [0.29, 0.717) is 34.0 Å². The van der Waals surface area contributed by atoms with Crippen LogP contribution in [0, 0.1) is 12.7 Å². The van der Waals surface area contributed by atoms with Crippen molar-refractivity contribution in [2.45, 2.75) is 39.7 Å². The monoisotopic (exact) mass is 497 g/mol. The van der Waals surface area contributed by atoms with E-state index in [2.05, 4.69) is 15.1 Å². The molecule has 0 aliphatic carbocycles. The van der Waals surface area contributed by atoms with Gasteiger partial charge >= 0.3 is 0 Å². The van der Waals surface area contributed by atoms with E-state index in [-0.39, 0.29) is 34.1 Å². The smallest absolute Gasteiger partial charge is 0.188 e. The predicted octanol–water partition coefficient (Wildman–Crippen LogP) is 4.51. The Morgan fingerprint density at radius 2 is 2.00 bits per heavy atom. The highest BCUT2D eigenvalue weighted by Crippen LogP contribution is 2.44. The van der Waals surface area contributed by atoms with Crippen molar-refractivity contribution in [2.24, 2.45) is 10.9 Å². The van der Waals surface area contributed by atoms with E-state index in [1.165, 1.54) is 12.3 Å². The molecule has 4 aromatic rings. The molecule has 0 amide bonds. The number of aryl methyl sites for hydroxylation is 1. The Morgan fingerprint density at radius 1 is 1.26 bits per heavy atom. The topological polar surface area (TPSA) is 137 Å². The second-order valence-corrected chi connectivity index (χ2v) is 8.77. The molecule has 0 spiro atoms. The van der Waals surface area contributed by atoms with Gasteiger partial charge in [-0.05, 0) is 32.9 Å². The number of nitrogens with zero attached hydrogens (tertiary/aromatic N) is 5. The third-order valence-electron chi connectivity index (χ3n) is 5.61. The number of anilines is 1. The Morgan fingerprint density at radius 3 is 2.63 bits per heavy atom. The van der Waals surface area contributed by atoms with E-state index in [0.717, 1.165) is 5.69 Å². The Hall–Kier alpha value is -3.92. The zero-order valence-corrected chi connectivity index (χ0v) is 20.4. The standard InChI is InChI=1S/C24H25ClFN7O2/c1-11(2)35-21-15(12(3)24-31-13(4)20-23(28)29-7-8-33(20)24)9-16(25)19(26)18(21)14-5-6-17(30-10-14)22(27)32-34/h5-12,34H,1-4H3,(H2,27,32)(H2,28,29). The molecular formula is C24H25ClFN7O2. The first-order chi connectivity index (χ1) is 16.6. The van der Waals surface area contributed by atoms with Gasteiger partial charge in [0, 0.05) is 35.6 Å². The van der Waals surface area contributed by atoms with Gasteiger partial charge in [-0.3, -0.25) is 9.38 Å². The third-order valence-corrected chi connectivity index (χ3v) is 5.89. The molecule has 0 saturated heterocycles. The third kappa shape index (κ3) is 4.32. The minimum Gasteiger partial charge on any atom is -0.490 e. The van der Waals surface area contributed by atoms with Crippen LogP contribution < -0.4 is 16.2 Å². The van der Waals surface area contributed by atoms with Gasteiger partial charge in [-0.15, -0.1) is 0 Å². The van der Waals surface area contributed by atoms with Crippen LogP contribution in [-0.4, -0.2) is 36.5 Å². The highest BCUT2D eigenvalue weighted by atomic mass is 35.5. The first kappa shape index (κ1) is 24.2. The quantitative estimate of drug-likeness (QED) is 0.154. The van der Waals surface area contributed by atoms with Crippen molar-refractivity contribution in [1.29, 1.82) is 0 Å². The van der Waals surface area contributed by atoms with Gasteiger partial charge in [0.05, 0.1) is 22.4 Å². The molecule has 5 N–H and O–H groups in total. The summed E-state index contributed by atoms with van der Waals surface area (Å²) in [6, 6.07) is 4.69. The van der Waals surface area contributed by atoms with Crippen LogP contribution in [-0.2, 0) is 0 Å². The van der Waals surface area contributed by atoms with E-state index < -0.39 is 5.82 Å². The number of nitrogen functional groups attached to an aromatic ring is 1. The van der Waals surface area contributed by atoms with Gasteiger partial charge in [0.15, 0.2) is 11.7 Å². The lowest BCUT2D eigenvalue weighted by atomic mass is 9.93. The number of hydrogen-bond donors (Lipinski definition) is 3. The van der Waals surface area contributed by atoms with Gasteiger partial charge in [0.1, 0.15) is 28.6 Å². The molecule has 35 heavy (non-hydrogen) atoms. The van der Waals surface area contributed by atoms with Crippen molar-refractivity contribution in [3.63, 3.8) is 0 Å². The number of benzene rings is 1. The Balaban J connectivity index is 1.95. The van der Waals surface area contributed by atoms with E-state index in [1.54, 1.807) is 24.5 Å². The lowest BCUT2D eigenvalue weighted by Crippen LogP contribution is -2.15. The molecule has 0 radical (unpaired) electrons. The molecule has 182 valence electrons. The molecule has 0 aliphatic heterocycles. The van der Waals surface area contributed by atoms with Gasteiger partial charge in [0.25, 0.3) is 0 Å². The molecule has 1 unspecified atom stereocenters. The van der Waals surface area contributed by atoms with Crippen molar-refractivity contribution in [3.05, 3.63) is 70.4 Å². The van der Waals surface area contributed by atoms with Crippen molar-refractivity contribution >= 4 is 28.8 Å². The second kappa shape index (κ2) is 9.38. The van der Waals surface area contributed by atoms with Gasteiger partial charge < -0.3 is 21.4 Å².